The zero-order valence-corrected chi connectivity index (χ0v) is 8.02. The summed E-state index contributed by atoms with van der Waals surface area (Å²) in [6, 6.07) is 0. The molecule has 3 nitrogen and oxygen atoms in total. The molecule has 5 heteroatoms. The van der Waals surface area contributed by atoms with Gasteiger partial charge in [0.25, 0.3) is 0 Å². The summed E-state index contributed by atoms with van der Waals surface area (Å²) < 4.78 is 11.5. The summed E-state index contributed by atoms with van der Waals surface area (Å²) in [5.41, 5.74) is 0. The lowest BCUT2D eigenvalue weighted by molar-refractivity contribution is -0.0442. The Bertz CT molecular complexity index is 246. The lowest BCUT2D eigenvalue weighted by Crippen LogP contribution is -1.95. The Morgan fingerprint density at radius 1 is 1.55 bits per heavy atom. The fourth-order valence-electron chi connectivity index (χ4n) is 0.877. The molecule has 2 heterocycles. The van der Waals surface area contributed by atoms with Crippen molar-refractivity contribution in [3.63, 3.8) is 0 Å². The largest absolute Gasteiger partial charge is 0.344 e. The summed E-state index contributed by atoms with van der Waals surface area (Å²) in [4.78, 5) is 4.12. The van der Waals surface area contributed by atoms with E-state index in [1.165, 1.54) is 0 Å². The van der Waals surface area contributed by atoms with Crippen molar-refractivity contribution in [2.24, 2.45) is 0 Å². The fourth-order valence-corrected chi connectivity index (χ4v) is 2.12. The summed E-state index contributed by atoms with van der Waals surface area (Å²) in [7, 11) is 0. The highest BCUT2D eigenvalue weighted by molar-refractivity contribution is 9.11. The SMILES string of the molecule is Brc1cnc(C2OCCO2)s1. The minimum atomic E-state index is -0.230. The molecule has 0 N–H and O–H groups in total. The monoisotopic (exact) mass is 235 g/mol. The summed E-state index contributed by atoms with van der Waals surface area (Å²) in [6.45, 7) is 1.34. The standard InChI is InChI=1S/C6H6BrNO2S/c7-4-3-8-5(11-4)6-9-1-2-10-6/h3,6H,1-2H2. The van der Waals surface area contributed by atoms with E-state index in [-0.39, 0.29) is 6.29 Å². The van der Waals surface area contributed by atoms with E-state index in [2.05, 4.69) is 20.9 Å². The van der Waals surface area contributed by atoms with Crippen LogP contribution >= 0.6 is 27.3 Å². The fraction of sp³-hybridized carbons (Fsp3) is 0.500. The average Bonchev–Trinajstić information content (AvgIpc) is 2.55. The first-order valence-corrected chi connectivity index (χ1v) is 4.81. The number of rotatable bonds is 1. The molecule has 2 rings (SSSR count). The van der Waals surface area contributed by atoms with E-state index in [1.54, 1.807) is 17.5 Å². The van der Waals surface area contributed by atoms with Gasteiger partial charge in [-0.05, 0) is 15.9 Å². The first kappa shape index (κ1) is 7.67. The number of nitrogens with zero attached hydrogens (tertiary/aromatic N) is 1. The zero-order chi connectivity index (χ0) is 7.68. The Morgan fingerprint density at radius 2 is 2.27 bits per heavy atom. The van der Waals surface area contributed by atoms with Gasteiger partial charge >= 0.3 is 0 Å². The van der Waals surface area contributed by atoms with Gasteiger partial charge in [0.15, 0.2) is 0 Å². The molecule has 0 saturated carbocycles. The van der Waals surface area contributed by atoms with Crippen molar-refractivity contribution in [2.75, 3.05) is 13.2 Å². The molecule has 11 heavy (non-hydrogen) atoms. The van der Waals surface area contributed by atoms with Crippen LogP contribution in [0, 0.1) is 0 Å². The summed E-state index contributed by atoms with van der Waals surface area (Å²) >= 11 is 4.86. The molecule has 1 aromatic heterocycles. The minimum Gasteiger partial charge on any atom is -0.344 e. The van der Waals surface area contributed by atoms with Gasteiger partial charge in [-0.3, -0.25) is 0 Å². The van der Waals surface area contributed by atoms with E-state index in [0.717, 1.165) is 8.79 Å². The van der Waals surface area contributed by atoms with Crippen molar-refractivity contribution < 1.29 is 9.47 Å². The summed E-state index contributed by atoms with van der Waals surface area (Å²) in [6.07, 6.45) is 1.52. The van der Waals surface area contributed by atoms with Crippen LogP contribution in [0.15, 0.2) is 9.98 Å². The second kappa shape index (κ2) is 3.18. The predicted octanol–water partition coefficient (Wildman–Crippen LogP) is 1.95. The second-order valence-electron chi connectivity index (χ2n) is 2.08. The minimum absolute atomic E-state index is 0.230. The molecule has 1 aromatic rings. The van der Waals surface area contributed by atoms with Crippen molar-refractivity contribution >= 4 is 27.3 Å². The Kier molecular flexibility index (Phi) is 2.22. The summed E-state index contributed by atoms with van der Waals surface area (Å²) in [5.74, 6) is 0. The molecule has 0 aliphatic carbocycles. The van der Waals surface area contributed by atoms with Crippen molar-refractivity contribution in [2.45, 2.75) is 6.29 Å². The van der Waals surface area contributed by atoms with Crippen LogP contribution in [0.25, 0.3) is 0 Å². The van der Waals surface area contributed by atoms with Gasteiger partial charge in [-0.25, -0.2) is 4.98 Å². The third kappa shape index (κ3) is 1.61. The molecule has 1 saturated heterocycles. The third-order valence-corrected chi connectivity index (χ3v) is 2.82. The van der Waals surface area contributed by atoms with Crippen molar-refractivity contribution in [3.05, 3.63) is 15.0 Å². The molecular weight excluding hydrogens is 230 g/mol. The van der Waals surface area contributed by atoms with Crippen LogP contribution in [0.3, 0.4) is 0 Å². The first-order valence-electron chi connectivity index (χ1n) is 3.21. The maximum Gasteiger partial charge on any atom is 0.211 e. The topological polar surface area (TPSA) is 31.4 Å². The van der Waals surface area contributed by atoms with E-state index in [9.17, 15) is 0 Å². The highest BCUT2D eigenvalue weighted by Gasteiger charge is 2.20. The average molecular weight is 236 g/mol. The Labute approximate surface area is 76.5 Å². The van der Waals surface area contributed by atoms with Gasteiger partial charge in [-0.15, -0.1) is 11.3 Å². The number of hydrogen-bond donors (Lipinski definition) is 0. The van der Waals surface area contributed by atoms with Crippen LogP contribution in [0.1, 0.15) is 11.3 Å². The third-order valence-electron chi connectivity index (χ3n) is 1.32. The normalized spacial score (nSPS) is 19.4. The quantitative estimate of drug-likeness (QED) is 0.746. The van der Waals surface area contributed by atoms with Crippen LogP contribution in [0.2, 0.25) is 0 Å². The maximum absolute atomic E-state index is 5.26. The number of aromatic nitrogens is 1. The van der Waals surface area contributed by atoms with Crippen molar-refractivity contribution in [1.82, 2.24) is 4.98 Å². The van der Waals surface area contributed by atoms with Gasteiger partial charge in [0.2, 0.25) is 6.29 Å². The molecule has 0 bridgehead atoms. The Hall–Kier alpha value is 0.0300. The van der Waals surface area contributed by atoms with Crippen LogP contribution in [0.5, 0.6) is 0 Å². The molecule has 0 aromatic carbocycles. The lowest BCUT2D eigenvalue weighted by Gasteiger charge is -2.02. The molecule has 0 spiro atoms. The van der Waals surface area contributed by atoms with E-state index < -0.39 is 0 Å². The zero-order valence-electron chi connectivity index (χ0n) is 5.62. The van der Waals surface area contributed by atoms with Gasteiger partial charge < -0.3 is 9.47 Å². The number of halogens is 1. The van der Waals surface area contributed by atoms with E-state index >= 15 is 0 Å². The summed E-state index contributed by atoms with van der Waals surface area (Å²) in [5, 5.41) is 0.884. The van der Waals surface area contributed by atoms with Crippen LogP contribution in [-0.2, 0) is 9.47 Å². The number of thiazole rings is 1. The van der Waals surface area contributed by atoms with Crippen LogP contribution in [-0.4, -0.2) is 18.2 Å². The molecule has 0 unspecified atom stereocenters. The second-order valence-corrected chi connectivity index (χ2v) is 4.52. The van der Waals surface area contributed by atoms with E-state index in [0.29, 0.717) is 13.2 Å². The van der Waals surface area contributed by atoms with Crippen molar-refractivity contribution in [3.8, 4) is 0 Å². The number of ether oxygens (including phenoxy) is 2. The smallest absolute Gasteiger partial charge is 0.211 e. The predicted molar refractivity (Wildman–Crippen MR) is 44.5 cm³/mol. The van der Waals surface area contributed by atoms with Gasteiger partial charge in [-0.1, -0.05) is 0 Å². The Morgan fingerprint density at radius 3 is 2.82 bits per heavy atom. The maximum atomic E-state index is 5.26. The number of hydrogen-bond acceptors (Lipinski definition) is 4. The Balaban J connectivity index is 2.15. The first-order chi connectivity index (χ1) is 5.36. The van der Waals surface area contributed by atoms with Gasteiger partial charge in [0.1, 0.15) is 5.01 Å². The van der Waals surface area contributed by atoms with Gasteiger partial charge in [0.05, 0.1) is 23.2 Å². The van der Waals surface area contributed by atoms with E-state index in [1.807, 2.05) is 0 Å². The molecule has 1 aliphatic heterocycles. The highest BCUT2D eigenvalue weighted by atomic mass is 79.9. The van der Waals surface area contributed by atoms with E-state index in [4.69, 9.17) is 9.47 Å². The molecule has 0 radical (unpaired) electrons. The van der Waals surface area contributed by atoms with Crippen LogP contribution < -0.4 is 0 Å². The molecule has 0 amide bonds. The molecule has 1 fully saturated rings. The highest BCUT2D eigenvalue weighted by Crippen LogP contribution is 2.29. The van der Waals surface area contributed by atoms with Gasteiger partial charge in [0, 0.05) is 0 Å². The van der Waals surface area contributed by atoms with Gasteiger partial charge in [-0.2, -0.15) is 0 Å². The molecular formula is C6H6BrNO2S. The lowest BCUT2D eigenvalue weighted by atomic mass is 10.7. The molecule has 1 aliphatic rings. The molecule has 60 valence electrons. The molecule has 0 atom stereocenters. The van der Waals surface area contributed by atoms with Crippen LogP contribution in [0.4, 0.5) is 0 Å². The van der Waals surface area contributed by atoms with Crippen molar-refractivity contribution in [1.29, 1.82) is 0 Å².